The molecule has 1 aliphatic rings. The van der Waals surface area contributed by atoms with Crippen LogP contribution < -0.4 is 14.2 Å². The number of ether oxygens (including phenoxy) is 4. The van der Waals surface area contributed by atoms with Crippen molar-refractivity contribution in [3.63, 3.8) is 0 Å². The Kier molecular flexibility index (Phi) is 5.43. The van der Waals surface area contributed by atoms with Crippen LogP contribution in [0.25, 0.3) is 0 Å². The molecular formula is C14H20O8. The third kappa shape index (κ3) is 3.26. The van der Waals surface area contributed by atoms with Crippen molar-refractivity contribution in [3.05, 3.63) is 18.2 Å². The van der Waals surface area contributed by atoms with Crippen molar-refractivity contribution in [1.82, 2.24) is 0 Å². The highest BCUT2D eigenvalue weighted by molar-refractivity contribution is 5.45. The Morgan fingerprint density at radius 3 is 2.32 bits per heavy atom. The van der Waals surface area contributed by atoms with Crippen LogP contribution in [0.2, 0.25) is 0 Å². The maximum Gasteiger partial charge on any atom is 0.229 e. The molecule has 5 atom stereocenters. The van der Waals surface area contributed by atoms with Gasteiger partial charge in [0.2, 0.25) is 6.29 Å². The Bertz CT molecular complexity index is 492. The van der Waals surface area contributed by atoms with Gasteiger partial charge in [-0.1, -0.05) is 0 Å². The fraction of sp³-hybridized carbons (Fsp3) is 0.571. The zero-order valence-corrected chi connectivity index (χ0v) is 12.2. The van der Waals surface area contributed by atoms with Gasteiger partial charge in [-0.05, 0) is 12.1 Å². The van der Waals surface area contributed by atoms with E-state index in [1.165, 1.54) is 14.2 Å². The molecular weight excluding hydrogens is 296 g/mol. The molecule has 0 saturated carbocycles. The molecule has 0 bridgehead atoms. The summed E-state index contributed by atoms with van der Waals surface area (Å²) in [5.74, 6) is 1.15. The molecule has 4 N–H and O–H groups in total. The molecule has 0 spiro atoms. The maximum atomic E-state index is 9.94. The Morgan fingerprint density at radius 2 is 1.73 bits per heavy atom. The summed E-state index contributed by atoms with van der Waals surface area (Å²) in [6.07, 6.45) is -6.71. The number of hydrogen-bond donors (Lipinski definition) is 4. The van der Waals surface area contributed by atoms with E-state index in [2.05, 4.69) is 0 Å². The van der Waals surface area contributed by atoms with E-state index in [9.17, 15) is 15.3 Å². The van der Waals surface area contributed by atoms with E-state index in [4.69, 9.17) is 24.1 Å². The lowest BCUT2D eigenvalue weighted by molar-refractivity contribution is -0.277. The van der Waals surface area contributed by atoms with Gasteiger partial charge in [0.25, 0.3) is 0 Å². The third-order valence-corrected chi connectivity index (χ3v) is 3.46. The first-order chi connectivity index (χ1) is 10.5. The van der Waals surface area contributed by atoms with E-state index in [1.54, 1.807) is 18.2 Å². The summed E-state index contributed by atoms with van der Waals surface area (Å²) in [6.45, 7) is -0.523. The van der Waals surface area contributed by atoms with Gasteiger partial charge in [-0.15, -0.1) is 0 Å². The van der Waals surface area contributed by atoms with E-state index >= 15 is 0 Å². The van der Waals surface area contributed by atoms with Gasteiger partial charge in [-0.3, -0.25) is 0 Å². The lowest BCUT2D eigenvalue weighted by Crippen LogP contribution is -2.60. The Balaban J connectivity index is 2.18. The third-order valence-electron chi connectivity index (χ3n) is 3.46. The maximum absolute atomic E-state index is 9.94. The molecule has 0 amide bonds. The molecule has 0 radical (unpaired) electrons. The fourth-order valence-electron chi connectivity index (χ4n) is 2.16. The van der Waals surface area contributed by atoms with E-state index in [-0.39, 0.29) is 5.75 Å². The average Bonchev–Trinajstić information content (AvgIpc) is 2.55. The quantitative estimate of drug-likeness (QED) is 0.540. The van der Waals surface area contributed by atoms with E-state index < -0.39 is 37.3 Å². The van der Waals surface area contributed by atoms with Crippen LogP contribution in [0.4, 0.5) is 0 Å². The van der Waals surface area contributed by atoms with Gasteiger partial charge in [0.15, 0.2) is 11.5 Å². The normalized spacial score (nSPS) is 31.6. The van der Waals surface area contributed by atoms with Crippen molar-refractivity contribution in [2.75, 3.05) is 20.8 Å². The fourth-order valence-corrected chi connectivity index (χ4v) is 2.16. The molecule has 124 valence electrons. The molecule has 0 aromatic heterocycles. The number of benzene rings is 1. The van der Waals surface area contributed by atoms with Crippen LogP contribution in [0.15, 0.2) is 18.2 Å². The number of methoxy groups -OCH3 is 2. The van der Waals surface area contributed by atoms with Crippen LogP contribution >= 0.6 is 0 Å². The van der Waals surface area contributed by atoms with E-state index in [0.717, 1.165) is 0 Å². The second-order valence-corrected chi connectivity index (χ2v) is 4.83. The van der Waals surface area contributed by atoms with Gasteiger partial charge in [0, 0.05) is 6.07 Å². The van der Waals surface area contributed by atoms with Crippen molar-refractivity contribution >= 4 is 0 Å². The Hall–Kier alpha value is -1.58. The minimum Gasteiger partial charge on any atom is -0.497 e. The molecule has 8 heteroatoms. The summed E-state index contributed by atoms with van der Waals surface area (Å²) >= 11 is 0. The number of hydrogen-bond acceptors (Lipinski definition) is 8. The number of aliphatic hydroxyl groups excluding tert-OH is 4. The first-order valence-corrected chi connectivity index (χ1v) is 6.71. The van der Waals surface area contributed by atoms with Crippen molar-refractivity contribution in [1.29, 1.82) is 0 Å². The topological polar surface area (TPSA) is 118 Å². The summed E-state index contributed by atoms with van der Waals surface area (Å²) < 4.78 is 21.0. The SMILES string of the molecule is COc1ccc(O[C@@H]2O[C@H](CO)[C@H](O)[C@H](O)[C@@H]2O)c(OC)c1. The first-order valence-electron chi connectivity index (χ1n) is 6.71. The van der Waals surface area contributed by atoms with Crippen LogP contribution in [0, 0.1) is 0 Å². The molecule has 8 nitrogen and oxygen atoms in total. The molecule has 1 fully saturated rings. The molecule has 1 aliphatic heterocycles. The zero-order chi connectivity index (χ0) is 16.3. The van der Waals surface area contributed by atoms with Gasteiger partial charge in [-0.2, -0.15) is 0 Å². The summed E-state index contributed by atoms with van der Waals surface area (Å²) in [5, 5.41) is 38.5. The monoisotopic (exact) mass is 316 g/mol. The van der Waals surface area contributed by atoms with Gasteiger partial charge in [0.05, 0.1) is 20.8 Å². The standard InChI is InChI=1S/C14H20O8/c1-19-7-3-4-8(9(5-7)20-2)21-14-13(18)12(17)11(16)10(6-15)22-14/h3-5,10-18H,6H2,1-2H3/t10-,11+,12+,13+,14-/m1/s1. The van der Waals surface area contributed by atoms with Crippen molar-refractivity contribution in [2.24, 2.45) is 0 Å². The second-order valence-electron chi connectivity index (χ2n) is 4.83. The molecule has 2 rings (SSSR count). The van der Waals surface area contributed by atoms with Gasteiger partial charge >= 0.3 is 0 Å². The van der Waals surface area contributed by atoms with Crippen molar-refractivity contribution in [2.45, 2.75) is 30.7 Å². The summed E-state index contributed by atoms with van der Waals surface area (Å²) in [4.78, 5) is 0. The van der Waals surface area contributed by atoms with Crippen LogP contribution in [-0.4, -0.2) is 72.0 Å². The van der Waals surface area contributed by atoms with Crippen molar-refractivity contribution < 1.29 is 39.4 Å². The minimum absolute atomic E-state index is 0.257. The second kappa shape index (κ2) is 7.12. The summed E-state index contributed by atoms with van der Waals surface area (Å²) in [7, 11) is 2.95. The van der Waals surface area contributed by atoms with Crippen LogP contribution in [-0.2, 0) is 4.74 Å². The largest absolute Gasteiger partial charge is 0.497 e. The average molecular weight is 316 g/mol. The molecule has 22 heavy (non-hydrogen) atoms. The predicted molar refractivity (Wildman–Crippen MR) is 73.9 cm³/mol. The minimum atomic E-state index is -1.50. The highest BCUT2D eigenvalue weighted by Gasteiger charge is 2.44. The molecule has 1 heterocycles. The highest BCUT2D eigenvalue weighted by Crippen LogP contribution is 2.33. The van der Waals surface area contributed by atoms with Gasteiger partial charge in [-0.25, -0.2) is 0 Å². The molecule has 1 aromatic carbocycles. The highest BCUT2D eigenvalue weighted by atomic mass is 16.7. The van der Waals surface area contributed by atoms with Crippen molar-refractivity contribution in [3.8, 4) is 17.2 Å². The van der Waals surface area contributed by atoms with Gasteiger partial charge < -0.3 is 39.4 Å². The van der Waals surface area contributed by atoms with E-state index in [1.807, 2.05) is 0 Å². The first kappa shape index (κ1) is 16.8. The molecule has 0 aliphatic carbocycles. The zero-order valence-electron chi connectivity index (χ0n) is 12.2. The Morgan fingerprint density at radius 1 is 1.00 bits per heavy atom. The molecule has 1 aromatic rings. The number of rotatable bonds is 5. The lowest BCUT2D eigenvalue weighted by atomic mass is 9.99. The van der Waals surface area contributed by atoms with E-state index in [0.29, 0.717) is 11.5 Å². The molecule has 1 saturated heterocycles. The smallest absolute Gasteiger partial charge is 0.229 e. The summed E-state index contributed by atoms with van der Waals surface area (Å²) in [5.41, 5.74) is 0. The van der Waals surface area contributed by atoms with Crippen LogP contribution in [0.5, 0.6) is 17.2 Å². The Labute approximate surface area is 127 Å². The van der Waals surface area contributed by atoms with Gasteiger partial charge in [0.1, 0.15) is 30.2 Å². The lowest BCUT2D eigenvalue weighted by Gasteiger charge is -2.39. The summed E-state index contributed by atoms with van der Waals surface area (Å²) in [6, 6.07) is 4.76. The van der Waals surface area contributed by atoms with Crippen LogP contribution in [0.3, 0.4) is 0 Å². The molecule has 0 unspecified atom stereocenters. The number of aliphatic hydroxyl groups is 4. The van der Waals surface area contributed by atoms with Crippen LogP contribution in [0.1, 0.15) is 0 Å². The predicted octanol–water partition coefficient (Wildman–Crippen LogP) is -1.12.